The van der Waals surface area contributed by atoms with Crippen molar-refractivity contribution in [2.24, 2.45) is 11.5 Å². The Morgan fingerprint density at radius 1 is 0.875 bits per heavy atom. The number of nitrogens with two attached hydrogens (primary N) is 2. The minimum atomic E-state index is -0.824. The van der Waals surface area contributed by atoms with E-state index in [0.717, 1.165) is 12.8 Å². The Kier molecular flexibility index (Phi) is 18.6. The third-order valence-corrected chi connectivity index (χ3v) is 4.42. The fourth-order valence-corrected chi connectivity index (χ4v) is 3.16. The first-order chi connectivity index (χ1) is 10.9. The van der Waals surface area contributed by atoms with Gasteiger partial charge in [0.1, 0.15) is 6.04 Å². The summed E-state index contributed by atoms with van der Waals surface area (Å²) in [6.45, 7) is 5.82. The molecule has 0 spiro atoms. The summed E-state index contributed by atoms with van der Waals surface area (Å²) < 4.78 is 0. The minimum absolute atomic E-state index is 0. The standard InChI is InChI=1S/C18H39N3O2.Na.H/c1-4-5-6-7-8-9-10-11-12-13-14-17(18(22)23)21(15(2)19)16(3)20;;/h15-17H,4-14,19-20H2,1-3H3,(H,22,23);;. The predicted molar refractivity (Wildman–Crippen MR) is 104 cm³/mol. The molecule has 0 rings (SSSR count). The third-order valence-electron chi connectivity index (χ3n) is 4.42. The Bertz CT molecular complexity index is 294. The molecule has 0 aliphatic carbocycles. The van der Waals surface area contributed by atoms with E-state index in [1.165, 1.54) is 51.4 Å². The maximum atomic E-state index is 11.5. The average molecular weight is 354 g/mol. The van der Waals surface area contributed by atoms with Crippen LogP contribution in [0.25, 0.3) is 0 Å². The Morgan fingerprint density at radius 2 is 1.25 bits per heavy atom. The van der Waals surface area contributed by atoms with E-state index in [0.29, 0.717) is 6.42 Å². The van der Waals surface area contributed by atoms with Crippen molar-refractivity contribution in [2.45, 2.75) is 110 Å². The van der Waals surface area contributed by atoms with E-state index in [4.69, 9.17) is 11.5 Å². The molecule has 0 bridgehead atoms. The fraction of sp³-hybridized carbons (Fsp3) is 0.944. The summed E-state index contributed by atoms with van der Waals surface area (Å²) in [7, 11) is 0. The van der Waals surface area contributed by atoms with Gasteiger partial charge in [0.15, 0.2) is 0 Å². The summed E-state index contributed by atoms with van der Waals surface area (Å²) >= 11 is 0. The topological polar surface area (TPSA) is 92.6 Å². The van der Waals surface area contributed by atoms with Crippen LogP contribution < -0.4 is 11.5 Å². The summed E-state index contributed by atoms with van der Waals surface area (Å²) in [5, 5.41) is 9.43. The van der Waals surface area contributed by atoms with Crippen LogP contribution in [0.2, 0.25) is 0 Å². The zero-order valence-corrected chi connectivity index (χ0v) is 15.5. The fourth-order valence-electron chi connectivity index (χ4n) is 3.16. The van der Waals surface area contributed by atoms with Crippen LogP contribution in [-0.2, 0) is 4.79 Å². The van der Waals surface area contributed by atoms with Crippen molar-refractivity contribution in [1.82, 2.24) is 4.90 Å². The van der Waals surface area contributed by atoms with Gasteiger partial charge in [-0.2, -0.15) is 0 Å². The second kappa shape index (κ2) is 16.8. The molecule has 24 heavy (non-hydrogen) atoms. The normalized spacial score (nSPS) is 14.9. The summed E-state index contributed by atoms with van der Waals surface area (Å²) in [6, 6.07) is -0.580. The van der Waals surface area contributed by atoms with Gasteiger partial charge in [0, 0.05) is 0 Å². The average Bonchev–Trinajstić information content (AvgIpc) is 2.46. The summed E-state index contributed by atoms with van der Waals surface area (Å²) in [5.41, 5.74) is 11.8. The molecule has 5 nitrogen and oxygen atoms in total. The van der Waals surface area contributed by atoms with Crippen molar-refractivity contribution in [3.8, 4) is 0 Å². The summed E-state index contributed by atoms with van der Waals surface area (Å²) in [5.74, 6) is -0.824. The molecular formula is C18H40N3NaO2. The number of carboxylic acid groups (broad SMARTS) is 1. The van der Waals surface area contributed by atoms with Gasteiger partial charge >= 0.3 is 35.5 Å². The van der Waals surface area contributed by atoms with Gasteiger partial charge in [-0.3, -0.25) is 9.69 Å². The Morgan fingerprint density at radius 3 is 1.58 bits per heavy atom. The van der Waals surface area contributed by atoms with Crippen molar-refractivity contribution >= 4 is 35.5 Å². The van der Waals surface area contributed by atoms with E-state index in [-0.39, 0.29) is 41.9 Å². The number of rotatable bonds is 15. The van der Waals surface area contributed by atoms with Crippen molar-refractivity contribution in [1.29, 1.82) is 0 Å². The second-order valence-corrected chi connectivity index (χ2v) is 6.75. The zero-order chi connectivity index (χ0) is 17.7. The number of aliphatic carboxylic acids is 1. The van der Waals surface area contributed by atoms with Crippen molar-refractivity contribution < 1.29 is 9.90 Å². The molecule has 5 N–H and O–H groups in total. The molecule has 0 aliphatic heterocycles. The van der Waals surface area contributed by atoms with Crippen molar-refractivity contribution in [3.63, 3.8) is 0 Å². The van der Waals surface area contributed by atoms with E-state index >= 15 is 0 Å². The van der Waals surface area contributed by atoms with Gasteiger partial charge in [0.2, 0.25) is 0 Å². The monoisotopic (exact) mass is 353 g/mol. The van der Waals surface area contributed by atoms with Gasteiger partial charge in [-0.05, 0) is 20.3 Å². The van der Waals surface area contributed by atoms with E-state index in [2.05, 4.69) is 6.92 Å². The Balaban J connectivity index is 0. The van der Waals surface area contributed by atoms with Crippen LogP contribution in [-0.4, -0.2) is 63.9 Å². The van der Waals surface area contributed by atoms with Crippen LogP contribution in [0.5, 0.6) is 0 Å². The molecule has 140 valence electrons. The summed E-state index contributed by atoms with van der Waals surface area (Å²) in [6.07, 6.45) is 12.4. The van der Waals surface area contributed by atoms with Gasteiger partial charge in [-0.1, -0.05) is 71.1 Å². The number of carbonyl (C=O) groups is 1. The maximum absolute atomic E-state index is 11.5. The molecule has 0 saturated heterocycles. The van der Waals surface area contributed by atoms with Gasteiger partial charge in [-0.25, -0.2) is 0 Å². The molecule has 0 saturated carbocycles. The molecule has 0 amide bonds. The van der Waals surface area contributed by atoms with E-state index in [9.17, 15) is 9.90 Å². The van der Waals surface area contributed by atoms with E-state index in [1.54, 1.807) is 18.7 Å². The van der Waals surface area contributed by atoms with Crippen LogP contribution in [0.15, 0.2) is 0 Å². The number of unbranched alkanes of at least 4 members (excludes halogenated alkanes) is 9. The molecule has 0 radical (unpaired) electrons. The zero-order valence-electron chi connectivity index (χ0n) is 15.5. The van der Waals surface area contributed by atoms with Gasteiger partial charge in [0.05, 0.1) is 12.3 Å². The van der Waals surface area contributed by atoms with Crippen molar-refractivity contribution in [3.05, 3.63) is 0 Å². The summed E-state index contributed by atoms with van der Waals surface area (Å²) in [4.78, 5) is 13.2. The number of hydrogen-bond acceptors (Lipinski definition) is 4. The van der Waals surface area contributed by atoms with Gasteiger partial charge in [0.25, 0.3) is 0 Å². The van der Waals surface area contributed by atoms with Crippen molar-refractivity contribution in [2.75, 3.05) is 0 Å². The van der Waals surface area contributed by atoms with E-state index in [1.807, 2.05) is 0 Å². The number of carboxylic acids is 1. The molecule has 3 unspecified atom stereocenters. The molecule has 0 aromatic heterocycles. The second-order valence-electron chi connectivity index (χ2n) is 6.75. The molecule has 6 heteroatoms. The molecule has 0 aliphatic rings. The Hall–Kier alpha value is 0.350. The van der Waals surface area contributed by atoms with E-state index < -0.39 is 12.0 Å². The SMILES string of the molecule is CCCCCCCCCCCCC(C(=O)O)N(C(C)N)C(C)N.[NaH]. The van der Waals surface area contributed by atoms with Crippen LogP contribution in [0.1, 0.15) is 91.4 Å². The number of nitrogens with zero attached hydrogens (tertiary/aromatic N) is 1. The van der Waals surface area contributed by atoms with Crippen LogP contribution in [0, 0.1) is 0 Å². The molecule has 0 aromatic rings. The van der Waals surface area contributed by atoms with Gasteiger partial charge in [-0.15, -0.1) is 0 Å². The quantitative estimate of drug-likeness (QED) is 0.239. The first-order valence-electron chi connectivity index (χ1n) is 9.43. The Labute approximate surface area is 171 Å². The number of hydrogen-bond donors (Lipinski definition) is 3. The van der Waals surface area contributed by atoms with Crippen LogP contribution in [0.4, 0.5) is 0 Å². The molecule has 0 aromatic carbocycles. The van der Waals surface area contributed by atoms with Crippen LogP contribution in [0.3, 0.4) is 0 Å². The molecule has 0 heterocycles. The molecular weight excluding hydrogens is 313 g/mol. The van der Waals surface area contributed by atoms with Crippen LogP contribution >= 0.6 is 0 Å². The molecule has 3 atom stereocenters. The first-order valence-corrected chi connectivity index (χ1v) is 9.43. The third kappa shape index (κ3) is 12.7. The molecule has 0 fully saturated rings. The first kappa shape index (κ1) is 26.6. The van der Waals surface area contributed by atoms with Gasteiger partial charge < -0.3 is 16.6 Å². The predicted octanol–water partition coefficient (Wildman–Crippen LogP) is 3.01.